The van der Waals surface area contributed by atoms with Gasteiger partial charge in [-0.05, 0) is 25.1 Å². The van der Waals surface area contributed by atoms with Crippen molar-refractivity contribution in [2.24, 2.45) is 0 Å². The summed E-state index contributed by atoms with van der Waals surface area (Å²) >= 11 is 11.5. The zero-order valence-corrected chi connectivity index (χ0v) is 10.6. The van der Waals surface area contributed by atoms with Crippen LogP contribution >= 0.6 is 23.2 Å². The number of rotatable bonds is 4. The second kappa shape index (κ2) is 6.08. The Morgan fingerprint density at radius 1 is 1.41 bits per heavy atom. The van der Waals surface area contributed by atoms with Gasteiger partial charge in [-0.15, -0.1) is 0 Å². The molecule has 0 spiro atoms. The van der Waals surface area contributed by atoms with Crippen LogP contribution in [-0.2, 0) is 9.53 Å². The predicted octanol–water partition coefficient (Wildman–Crippen LogP) is 2.70. The van der Waals surface area contributed by atoms with Crippen molar-refractivity contribution in [1.82, 2.24) is 0 Å². The number of carbonyl (C=O) groups excluding carboxylic acids is 2. The van der Waals surface area contributed by atoms with E-state index in [2.05, 4.69) is 4.74 Å². The first-order valence-corrected chi connectivity index (χ1v) is 5.64. The van der Waals surface area contributed by atoms with Gasteiger partial charge in [0, 0.05) is 10.6 Å². The first kappa shape index (κ1) is 14.1. The van der Waals surface area contributed by atoms with Gasteiger partial charge in [0.2, 0.25) is 0 Å². The molecule has 0 aliphatic heterocycles. The van der Waals surface area contributed by atoms with Crippen molar-refractivity contribution in [3.63, 3.8) is 0 Å². The maximum atomic E-state index is 11.8. The fourth-order valence-electron chi connectivity index (χ4n) is 1.20. The van der Waals surface area contributed by atoms with Gasteiger partial charge in [0.05, 0.1) is 25.3 Å². The molecule has 1 aromatic rings. The van der Waals surface area contributed by atoms with Gasteiger partial charge >= 0.3 is 5.97 Å². The van der Waals surface area contributed by atoms with Gasteiger partial charge in [-0.25, -0.2) is 0 Å². The van der Waals surface area contributed by atoms with Crippen molar-refractivity contribution >= 4 is 42.8 Å². The lowest BCUT2D eigenvalue weighted by Gasteiger charge is -2.11. The first-order chi connectivity index (χ1) is 7.97. The number of ketones is 1. The molecule has 0 fully saturated rings. The summed E-state index contributed by atoms with van der Waals surface area (Å²) < 4.78 is 4.66. The number of Topliss-reactive ketones (excluding diaryl/α,β-unsaturated/α-hetero) is 1. The number of carbonyl (C=O) groups is 2. The Morgan fingerprint density at radius 2 is 2.06 bits per heavy atom. The van der Waals surface area contributed by atoms with E-state index in [1.807, 2.05) is 0 Å². The van der Waals surface area contributed by atoms with E-state index in [1.165, 1.54) is 18.2 Å². The molecular formula is C11H9BCl2O3. The van der Waals surface area contributed by atoms with E-state index in [0.717, 1.165) is 0 Å². The lowest BCUT2D eigenvalue weighted by molar-refractivity contribution is -0.141. The topological polar surface area (TPSA) is 43.4 Å². The van der Waals surface area contributed by atoms with Crippen LogP contribution in [0, 0.1) is 0 Å². The van der Waals surface area contributed by atoms with Crippen molar-refractivity contribution in [2.75, 3.05) is 6.61 Å². The highest BCUT2D eigenvalue weighted by Crippen LogP contribution is 2.24. The maximum Gasteiger partial charge on any atom is 0.307 e. The molecule has 88 valence electrons. The monoisotopic (exact) mass is 270 g/mol. The van der Waals surface area contributed by atoms with E-state index in [0.29, 0.717) is 5.02 Å². The SMILES string of the molecule is [B]C(C(=O)OCC)C(=O)c1ccc(Cl)cc1Cl. The van der Waals surface area contributed by atoms with Crippen LogP contribution in [0.5, 0.6) is 0 Å². The normalized spacial score (nSPS) is 11.9. The van der Waals surface area contributed by atoms with Crippen molar-refractivity contribution in [1.29, 1.82) is 0 Å². The molecule has 3 nitrogen and oxygen atoms in total. The molecule has 0 bridgehead atoms. The zero-order chi connectivity index (χ0) is 13.0. The Labute approximate surface area is 110 Å². The summed E-state index contributed by atoms with van der Waals surface area (Å²) in [5.74, 6) is -2.73. The number of hydrogen-bond acceptors (Lipinski definition) is 3. The molecule has 0 aliphatic rings. The fourth-order valence-corrected chi connectivity index (χ4v) is 1.70. The van der Waals surface area contributed by atoms with Crippen molar-refractivity contribution in [3.8, 4) is 0 Å². The molecule has 1 unspecified atom stereocenters. The quantitative estimate of drug-likeness (QED) is 0.366. The highest BCUT2D eigenvalue weighted by atomic mass is 35.5. The van der Waals surface area contributed by atoms with Crippen molar-refractivity contribution in [2.45, 2.75) is 12.7 Å². The molecule has 6 heteroatoms. The summed E-state index contributed by atoms with van der Waals surface area (Å²) in [4.78, 5) is 23.1. The van der Waals surface area contributed by atoms with Gasteiger partial charge in [0.15, 0.2) is 5.78 Å². The van der Waals surface area contributed by atoms with E-state index in [-0.39, 0.29) is 17.2 Å². The van der Waals surface area contributed by atoms with Gasteiger partial charge in [-0.2, -0.15) is 0 Å². The standard InChI is InChI=1S/C11H9BCl2O3/c1-2-17-11(16)9(12)10(15)7-4-3-6(13)5-8(7)14/h3-5,9H,2H2,1H3. The molecule has 1 atom stereocenters. The number of ether oxygens (including phenoxy) is 1. The Kier molecular flexibility index (Phi) is 5.03. The maximum absolute atomic E-state index is 11.8. The Morgan fingerprint density at radius 3 is 2.59 bits per heavy atom. The molecule has 2 radical (unpaired) electrons. The van der Waals surface area contributed by atoms with Gasteiger partial charge < -0.3 is 4.74 Å². The van der Waals surface area contributed by atoms with Crippen LogP contribution in [0.2, 0.25) is 15.9 Å². The van der Waals surface area contributed by atoms with Crippen molar-refractivity contribution < 1.29 is 14.3 Å². The zero-order valence-electron chi connectivity index (χ0n) is 9.07. The number of hydrogen-bond donors (Lipinski definition) is 0. The van der Waals surface area contributed by atoms with E-state index in [9.17, 15) is 9.59 Å². The minimum absolute atomic E-state index is 0.150. The highest BCUT2D eigenvalue weighted by molar-refractivity contribution is 6.42. The average Bonchev–Trinajstić information content (AvgIpc) is 2.27. The van der Waals surface area contributed by atoms with Crippen LogP contribution < -0.4 is 0 Å². The third kappa shape index (κ3) is 3.48. The molecule has 1 aromatic carbocycles. The molecule has 0 N–H and O–H groups in total. The van der Waals surface area contributed by atoms with Crippen LogP contribution in [0.3, 0.4) is 0 Å². The van der Waals surface area contributed by atoms with Crippen molar-refractivity contribution in [3.05, 3.63) is 33.8 Å². The molecule has 0 heterocycles. The third-order valence-electron chi connectivity index (χ3n) is 2.02. The molecule has 17 heavy (non-hydrogen) atoms. The van der Waals surface area contributed by atoms with E-state index in [1.54, 1.807) is 6.92 Å². The van der Waals surface area contributed by atoms with Gasteiger partial charge in [-0.3, -0.25) is 9.59 Å². The molecule has 0 aliphatic carbocycles. The first-order valence-electron chi connectivity index (χ1n) is 4.88. The van der Waals surface area contributed by atoms with Crippen LogP contribution in [-0.4, -0.2) is 26.2 Å². The van der Waals surface area contributed by atoms with Crippen LogP contribution in [0.1, 0.15) is 17.3 Å². The fraction of sp³-hybridized carbons (Fsp3) is 0.273. The van der Waals surface area contributed by atoms with Crippen LogP contribution in [0.15, 0.2) is 18.2 Å². The van der Waals surface area contributed by atoms with Crippen LogP contribution in [0.4, 0.5) is 0 Å². The second-order valence-corrected chi connectivity index (χ2v) is 4.06. The summed E-state index contributed by atoms with van der Waals surface area (Å²) in [6, 6.07) is 4.33. The Balaban J connectivity index is 2.92. The van der Waals surface area contributed by atoms with E-state index < -0.39 is 17.6 Å². The third-order valence-corrected chi connectivity index (χ3v) is 2.57. The molecule has 0 saturated carbocycles. The second-order valence-electron chi connectivity index (χ2n) is 3.22. The largest absolute Gasteiger partial charge is 0.466 e. The summed E-state index contributed by atoms with van der Waals surface area (Å²) in [5.41, 5.74) is 0.150. The number of benzene rings is 1. The van der Waals surface area contributed by atoms with Crippen LogP contribution in [0.25, 0.3) is 0 Å². The summed E-state index contributed by atoms with van der Waals surface area (Å²) in [7, 11) is 5.47. The van der Waals surface area contributed by atoms with E-state index in [4.69, 9.17) is 31.0 Å². The average molecular weight is 271 g/mol. The lowest BCUT2D eigenvalue weighted by Crippen LogP contribution is -2.21. The highest BCUT2D eigenvalue weighted by Gasteiger charge is 2.24. The molecule has 0 aromatic heterocycles. The summed E-state index contributed by atoms with van der Waals surface area (Å²) in [6.45, 7) is 1.79. The summed E-state index contributed by atoms with van der Waals surface area (Å²) in [5, 5.41) is 0.554. The Hall–Kier alpha value is -0.995. The molecule has 0 saturated heterocycles. The Bertz CT molecular complexity index is 448. The van der Waals surface area contributed by atoms with E-state index >= 15 is 0 Å². The molecule has 0 amide bonds. The number of esters is 1. The minimum atomic E-state index is -1.37. The minimum Gasteiger partial charge on any atom is -0.466 e. The predicted molar refractivity (Wildman–Crippen MR) is 66.9 cm³/mol. The van der Waals surface area contributed by atoms with Gasteiger partial charge in [-0.1, -0.05) is 23.2 Å². The smallest absolute Gasteiger partial charge is 0.307 e. The lowest BCUT2D eigenvalue weighted by atomic mass is 9.81. The van der Waals surface area contributed by atoms with Gasteiger partial charge in [0.25, 0.3) is 0 Å². The molecule has 1 rings (SSSR count). The summed E-state index contributed by atoms with van der Waals surface area (Å²) in [6.07, 6.45) is 0. The van der Waals surface area contributed by atoms with Gasteiger partial charge in [0.1, 0.15) is 0 Å². The number of halogens is 2. The molecular weight excluding hydrogens is 262 g/mol.